The first kappa shape index (κ1) is 14.9. The molecule has 1 aromatic heterocycles. The van der Waals surface area contributed by atoms with Crippen LogP contribution < -0.4 is 11.1 Å². The molecule has 0 aliphatic heterocycles. The summed E-state index contributed by atoms with van der Waals surface area (Å²) in [6.07, 6.45) is 4.54. The minimum Gasteiger partial charge on any atom is -0.451 e. The van der Waals surface area contributed by atoms with Crippen LogP contribution in [0.5, 0.6) is 0 Å². The van der Waals surface area contributed by atoms with Gasteiger partial charge in [0.2, 0.25) is 0 Å². The van der Waals surface area contributed by atoms with Crippen molar-refractivity contribution in [2.75, 3.05) is 12.3 Å². The average Bonchev–Trinajstić information content (AvgIpc) is 2.36. The number of amides is 1. The minimum absolute atomic E-state index is 0.0211. The highest BCUT2D eigenvalue weighted by Crippen LogP contribution is 2.04. The number of anilines is 1. The third-order valence-electron chi connectivity index (χ3n) is 2.38. The topological polar surface area (TPSA) is 107 Å². The van der Waals surface area contributed by atoms with E-state index in [1.165, 1.54) is 12.4 Å². The Balaban J connectivity index is 2.42. The lowest BCUT2D eigenvalue weighted by Gasteiger charge is -2.12. The molecule has 1 aromatic rings. The second-order valence-corrected chi connectivity index (χ2v) is 4.12. The fourth-order valence-corrected chi connectivity index (χ4v) is 1.53. The standard InChI is InChI=1S/C12H18N4O3/c1-3-4-8(2)16-9(17)7-19-12(18)10-11(13)15-6-5-14-10/h5-6,8H,3-4,7H2,1-2H3,(H2,13,15)(H,16,17). The number of hydrogen-bond donors (Lipinski definition) is 2. The van der Waals surface area contributed by atoms with Gasteiger partial charge in [0.15, 0.2) is 18.1 Å². The summed E-state index contributed by atoms with van der Waals surface area (Å²) in [7, 11) is 0. The fourth-order valence-electron chi connectivity index (χ4n) is 1.53. The minimum atomic E-state index is -0.760. The lowest BCUT2D eigenvalue weighted by Crippen LogP contribution is -2.35. The van der Waals surface area contributed by atoms with E-state index >= 15 is 0 Å². The summed E-state index contributed by atoms with van der Waals surface area (Å²) in [6, 6.07) is 0.0535. The van der Waals surface area contributed by atoms with Crippen molar-refractivity contribution in [1.82, 2.24) is 15.3 Å². The highest BCUT2D eigenvalue weighted by Gasteiger charge is 2.15. The Bertz CT molecular complexity index is 450. The molecule has 104 valence electrons. The first-order valence-corrected chi connectivity index (χ1v) is 6.07. The fraction of sp³-hybridized carbons (Fsp3) is 0.500. The van der Waals surface area contributed by atoms with E-state index in [2.05, 4.69) is 15.3 Å². The number of carbonyl (C=O) groups excluding carboxylic acids is 2. The number of aromatic nitrogens is 2. The molecule has 0 saturated heterocycles. The van der Waals surface area contributed by atoms with Crippen LogP contribution in [0.15, 0.2) is 12.4 Å². The quantitative estimate of drug-likeness (QED) is 0.727. The molecule has 0 saturated carbocycles. The number of ether oxygens (including phenoxy) is 1. The van der Waals surface area contributed by atoms with Crippen molar-refractivity contribution in [3.63, 3.8) is 0 Å². The Kier molecular flexibility index (Phi) is 5.72. The van der Waals surface area contributed by atoms with Gasteiger partial charge in [0, 0.05) is 18.4 Å². The zero-order valence-corrected chi connectivity index (χ0v) is 11.0. The molecule has 0 aromatic carbocycles. The first-order valence-electron chi connectivity index (χ1n) is 6.07. The zero-order chi connectivity index (χ0) is 14.3. The average molecular weight is 266 g/mol. The number of nitrogen functional groups attached to an aromatic ring is 1. The van der Waals surface area contributed by atoms with E-state index in [1.54, 1.807) is 0 Å². The van der Waals surface area contributed by atoms with Gasteiger partial charge in [-0.15, -0.1) is 0 Å². The van der Waals surface area contributed by atoms with Gasteiger partial charge in [0.25, 0.3) is 5.91 Å². The van der Waals surface area contributed by atoms with E-state index in [4.69, 9.17) is 10.5 Å². The summed E-state index contributed by atoms with van der Waals surface area (Å²) in [5.41, 5.74) is 5.39. The van der Waals surface area contributed by atoms with Crippen molar-refractivity contribution in [2.45, 2.75) is 32.7 Å². The Labute approximate surface area is 111 Å². The summed E-state index contributed by atoms with van der Waals surface area (Å²) in [4.78, 5) is 30.6. The highest BCUT2D eigenvalue weighted by atomic mass is 16.5. The number of esters is 1. The van der Waals surface area contributed by atoms with Crippen molar-refractivity contribution in [1.29, 1.82) is 0 Å². The van der Waals surface area contributed by atoms with Crippen LogP contribution in [0.4, 0.5) is 5.82 Å². The first-order chi connectivity index (χ1) is 9.04. The maximum Gasteiger partial charge on any atom is 0.361 e. The zero-order valence-electron chi connectivity index (χ0n) is 11.0. The summed E-state index contributed by atoms with van der Waals surface area (Å²) < 4.78 is 4.82. The van der Waals surface area contributed by atoms with E-state index in [1.807, 2.05) is 13.8 Å². The van der Waals surface area contributed by atoms with Gasteiger partial charge >= 0.3 is 5.97 Å². The number of hydrogen-bond acceptors (Lipinski definition) is 6. The molecule has 7 nitrogen and oxygen atoms in total. The predicted molar refractivity (Wildman–Crippen MR) is 69.2 cm³/mol. The maximum atomic E-state index is 11.6. The van der Waals surface area contributed by atoms with Crippen molar-refractivity contribution in [2.24, 2.45) is 0 Å². The number of rotatable bonds is 6. The Morgan fingerprint density at radius 3 is 2.74 bits per heavy atom. The van der Waals surface area contributed by atoms with Crippen LogP contribution in [0.2, 0.25) is 0 Å². The number of nitrogens with one attached hydrogen (secondary N) is 1. The molecular weight excluding hydrogens is 248 g/mol. The van der Waals surface area contributed by atoms with Crippen molar-refractivity contribution in [3.05, 3.63) is 18.1 Å². The van der Waals surface area contributed by atoms with Gasteiger partial charge in [0.1, 0.15) is 0 Å². The van der Waals surface area contributed by atoms with Crippen LogP contribution >= 0.6 is 0 Å². The number of nitrogens with zero attached hydrogens (tertiary/aromatic N) is 2. The molecule has 1 amide bonds. The normalized spacial score (nSPS) is 11.7. The van der Waals surface area contributed by atoms with E-state index in [9.17, 15) is 9.59 Å². The van der Waals surface area contributed by atoms with Crippen molar-refractivity contribution < 1.29 is 14.3 Å². The van der Waals surface area contributed by atoms with E-state index in [-0.39, 0.29) is 30.1 Å². The molecule has 1 heterocycles. The molecule has 0 fully saturated rings. The molecule has 3 N–H and O–H groups in total. The van der Waals surface area contributed by atoms with Gasteiger partial charge in [-0.2, -0.15) is 0 Å². The highest BCUT2D eigenvalue weighted by molar-refractivity contribution is 5.93. The molecule has 7 heteroatoms. The molecular formula is C12H18N4O3. The summed E-state index contributed by atoms with van der Waals surface area (Å²) in [5, 5.41) is 2.72. The second-order valence-electron chi connectivity index (χ2n) is 4.12. The van der Waals surface area contributed by atoms with Crippen LogP contribution in [-0.4, -0.2) is 34.5 Å². The molecule has 0 radical (unpaired) electrons. The molecule has 0 bridgehead atoms. The van der Waals surface area contributed by atoms with Gasteiger partial charge in [-0.05, 0) is 13.3 Å². The van der Waals surface area contributed by atoms with Crippen LogP contribution in [0.25, 0.3) is 0 Å². The van der Waals surface area contributed by atoms with Crippen molar-refractivity contribution in [3.8, 4) is 0 Å². The maximum absolute atomic E-state index is 11.6. The lowest BCUT2D eigenvalue weighted by molar-refractivity contribution is -0.124. The molecule has 0 aliphatic carbocycles. The van der Waals surface area contributed by atoms with Gasteiger partial charge in [-0.25, -0.2) is 14.8 Å². The van der Waals surface area contributed by atoms with Gasteiger partial charge in [-0.3, -0.25) is 4.79 Å². The van der Waals surface area contributed by atoms with Gasteiger partial charge in [0.05, 0.1) is 0 Å². The Hall–Kier alpha value is -2.18. The van der Waals surface area contributed by atoms with E-state index < -0.39 is 5.97 Å². The number of carbonyl (C=O) groups is 2. The largest absolute Gasteiger partial charge is 0.451 e. The monoisotopic (exact) mass is 266 g/mol. The van der Waals surface area contributed by atoms with E-state index in [0.29, 0.717) is 0 Å². The van der Waals surface area contributed by atoms with Crippen LogP contribution in [0.3, 0.4) is 0 Å². The molecule has 1 rings (SSSR count). The van der Waals surface area contributed by atoms with Crippen LogP contribution in [-0.2, 0) is 9.53 Å². The Morgan fingerprint density at radius 2 is 2.11 bits per heavy atom. The van der Waals surface area contributed by atoms with E-state index in [0.717, 1.165) is 12.8 Å². The lowest BCUT2D eigenvalue weighted by atomic mass is 10.2. The molecule has 1 atom stereocenters. The van der Waals surface area contributed by atoms with Crippen LogP contribution in [0, 0.1) is 0 Å². The Morgan fingerprint density at radius 1 is 1.42 bits per heavy atom. The van der Waals surface area contributed by atoms with Crippen LogP contribution in [0.1, 0.15) is 37.2 Å². The summed E-state index contributed by atoms with van der Waals surface area (Å²) in [5.74, 6) is -1.13. The SMILES string of the molecule is CCCC(C)NC(=O)COC(=O)c1nccnc1N. The third kappa shape index (κ3) is 4.90. The molecule has 0 aliphatic rings. The van der Waals surface area contributed by atoms with Gasteiger partial charge in [-0.1, -0.05) is 13.3 Å². The molecule has 0 spiro atoms. The number of nitrogens with two attached hydrogens (primary N) is 1. The van der Waals surface area contributed by atoms with Crippen molar-refractivity contribution >= 4 is 17.7 Å². The second kappa shape index (κ2) is 7.30. The summed E-state index contributed by atoms with van der Waals surface area (Å²) in [6.45, 7) is 3.56. The third-order valence-corrected chi connectivity index (χ3v) is 2.38. The molecule has 19 heavy (non-hydrogen) atoms. The molecule has 1 unspecified atom stereocenters. The smallest absolute Gasteiger partial charge is 0.361 e. The predicted octanol–water partition coefficient (Wildman–Crippen LogP) is 0.520. The summed E-state index contributed by atoms with van der Waals surface area (Å²) >= 11 is 0. The van der Waals surface area contributed by atoms with Gasteiger partial charge < -0.3 is 15.8 Å².